The minimum atomic E-state index is -0.831. The Morgan fingerprint density at radius 3 is 2.08 bits per heavy atom. The van der Waals surface area contributed by atoms with Crippen molar-refractivity contribution in [2.24, 2.45) is 0 Å². The predicted molar refractivity (Wildman–Crippen MR) is 96.9 cm³/mol. The number of rotatable bonds is 7. The molecule has 0 saturated carbocycles. The highest BCUT2D eigenvalue weighted by atomic mass is 16.6. The van der Waals surface area contributed by atoms with E-state index in [9.17, 15) is 14.4 Å². The number of hydrogen-bond acceptors (Lipinski definition) is 5. The first-order chi connectivity index (χ1) is 12.4. The molecule has 7 heteroatoms. The van der Waals surface area contributed by atoms with Crippen molar-refractivity contribution in [3.8, 4) is 5.75 Å². The highest BCUT2D eigenvalue weighted by Gasteiger charge is 2.17. The van der Waals surface area contributed by atoms with Gasteiger partial charge in [0.15, 0.2) is 12.7 Å². The zero-order valence-electron chi connectivity index (χ0n) is 14.5. The highest BCUT2D eigenvalue weighted by molar-refractivity contribution is 5.94. The van der Waals surface area contributed by atoms with Crippen molar-refractivity contribution >= 4 is 29.2 Å². The highest BCUT2D eigenvalue weighted by Crippen LogP contribution is 2.14. The van der Waals surface area contributed by atoms with Crippen LogP contribution in [0.4, 0.5) is 11.4 Å². The van der Waals surface area contributed by atoms with Crippen LogP contribution in [0.5, 0.6) is 5.75 Å². The lowest BCUT2D eigenvalue weighted by molar-refractivity contribution is -0.153. The number of ether oxygens (including phenoxy) is 2. The molecule has 26 heavy (non-hydrogen) atoms. The third kappa shape index (κ3) is 6.27. The average Bonchev–Trinajstić information content (AvgIpc) is 2.61. The van der Waals surface area contributed by atoms with Gasteiger partial charge < -0.3 is 20.1 Å². The smallest absolute Gasteiger partial charge is 0.347 e. The van der Waals surface area contributed by atoms with Crippen LogP contribution in [0, 0.1) is 0 Å². The van der Waals surface area contributed by atoms with Crippen molar-refractivity contribution in [3.05, 3.63) is 54.6 Å². The molecule has 0 aliphatic carbocycles. The first kappa shape index (κ1) is 19.0. The Morgan fingerprint density at radius 1 is 0.923 bits per heavy atom. The summed E-state index contributed by atoms with van der Waals surface area (Å²) in [5, 5.41) is 5.22. The zero-order chi connectivity index (χ0) is 18.9. The van der Waals surface area contributed by atoms with Crippen LogP contribution < -0.4 is 15.4 Å². The van der Waals surface area contributed by atoms with Gasteiger partial charge >= 0.3 is 5.97 Å². The van der Waals surface area contributed by atoms with Crippen molar-refractivity contribution in [1.29, 1.82) is 0 Å². The lowest BCUT2D eigenvalue weighted by Crippen LogP contribution is -2.29. The van der Waals surface area contributed by atoms with E-state index in [0.29, 0.717) is 17.1 Å². The predicted octanol–water partition coefficient (Wildman–Crippen LogP) is 2.59. The third-order valence-corrected chi connectivity index (χ3v) is 3.22. The molecule has 2 aromatic carbocycles. The van der Waals surface area contributed by atoms with Crippen LogP contribution in [0.25, 0.3) is 0 Å². The fraction of sp³-hybridized carbons (Fsp3) is 0.211. The van der Waals surface area contributed by atoms with Gasteiger partial charge in [-0.05, 0) is 43.3 Å². The van der Waals surface area contributed by atoms with E-state index >= 15 is 0 Å². The van der Waals surface area contributed by atoms with Gasteiger partial charge in [0.05, 0.1) is 0 Å². The number of benzene rings is 2. The molecule has 2 amide bonds. The molecule has 0 unspecified atom stereocenters. The average molecular weight is 356 g/mol. The number of esters is 1. The van der Waals surface area contributed by atoms with Crippen LogP contribution in [0.2, 0.25) is 0 Å². The molecule has 0 bridgehead atoms. The number of carbonyl (C=O) groups is 3. The number of hydrogen-bond donors (Lipinski definition) is 2. The van der Waals surface area contributed by atoms with Gasteiger partial charge in [-0.1, -0.05) is 18.2 Å². The Kier molecular flexibility index (Phi) is 6.73. The van der Waals surface area contributed by atoms with Crippen LogP contribution in [0.3, 0.4) is 0 Å². The molecule has 0 aromatic heterocycles. The molecule has 0 saturated heterocycles. The van der Waals surface area contributed by atoms with E-state index in [2.05, 4.69) is 10.6 Å². The summed E-state index contributed by atoms with van der Waals surface area (Å²) < 4.78 is 10.4. The molecule has 7 nitrogen and oxygen atoms in total. The maximum Gasteiger partial charge on any atom is 0.347 e. The van der Waals surface area contributed by atoms with Crippen molar-refractivity contribution in [2.75, 3.05) is 17.2 Å². The summed E-state index contributed by atoms with van der Waals surface area (Å²) in [5.41, 5.74) is 1.14. The van der Waals surface area contributed by atoms with Gasteiger partial charge in [0, 0.05) is 18.3 Å². The second-order valence-corrected chi connectivity index (χ2v) is 5.49. The summed E-state index contributed by atoms with van der Waals surface area (Å²) >= 11 is 0. The van der Waals surface area contributed by atoms with Crippen LogP contribution >= 0.6 is 0 Å². The first-order valence-electron chi connectivity index (χ1n) is 8.00. The van der Waals surface area contributed by atoms with Gasteiger partial charge in [-0.15, -0.1) is 0 Å². The van der Waals surface area contributed by atoms with Crippen molar-refractivity contribution in [3.63, 3.8) is 0 Å². The Morgan fingerprint density at radius 2 is 1.50 bits per heavy atom. The fourth-order valence-electron chi connectivity index (χ4n) is 2.04. The van der Waals surface area contributed by atoms with E-state index in [1.165, 1.54) is 6.92 Å². The van der Waals surface area contributed by atoms with Gasteiger partial charge in [0.2, 0.25) is 5.91 Å². The number of amides is 2. The lowest BCUT2D eigenvalue weighted by atomic mass is 10.2. The van der Waals surface area contributed by atoms with Crippen molar-refractivity contribution < 1.29 is 23.9 Å². The molecule has 2 rings (SSSR count). The van der Waals surface area contributed by atoms with E-state index in [4.69, 9.17) is 9.47 Å². The van der Waals surface area contributed by atoms with E-state index in [1.54, 1.807) is 55.5 Å². The van der Waals surface area contributed by atoms with Crippen molar-refractivity contribution in [1.82, 2.24) is 0 Å². The molecule has 2 aromatic rings. The molecule has 0 aliphatic rings. The minimum absolute atomic E-state index is 0.180. The minimum Gasteiger partial charge on any atom is -0.479 e. The summed E-state index contributed by atoms with van der Waals surface area (Å²) in [6.45, 7) is 2.54. The SMILES string of the molecule is CC(=O)Nc1ccc(NC(=O)COC(=O)[C@@H](C)Oc2ccccc2)cc1. The number of para-hydroxylation sites is 1. The molecule has 0 fully saturated rings. The Hall–Kier alpha value is -3.35. The Bertz CT molecular complexity index is 759. The van der Waals surface area contributed by atoms with Crippen LogP contribution in [-0.4, -0.2) is 30.5 Å². The number of anilines is 2. The van der Waals surface area contributed by atoms with Gasteiger partial charge in [-0.3, -0.25) is 9.59 Å². The number of nitrogens with one attached hydrogen (secondary N) is 2. The fourth-order valence-corrected chi connectivity index (χ4v) is 2.04. The zero-order valence-corrected chi connectivity index (χ0v) is 14.5. The maximum atomic E-state index is 11.9. The molecular weight excluding hydrogens is 336 g/mol. The molecular formula is C19H20N2O5. The monoisotopic (exact) mass is 356 g/mol. The molecule has 0 radical (unpaired) electrons. The van der Waals surface area contributed by atoms with Gasteiger partial charge in [0.25, 0.3) is 5.91 Å². The Balaban J connectivity index is 1.77. The van der Waals surface area contributed by atoms with Crippen LogP contribution in [0.15, 0.2) is 54.6 Å². The number of carbonyl (C=O) groups excluding carboxylic acids is 3. The largest absolute Gasteiger partial charge is 0.479 e. The van der Waals surface area contributed by atoms with Crippen LogP contribution in [0.1, 0.15) is 13.8 Å². The summed E-state index contributed by atoms with van der Waals surface area (Å²) in [4.78, 5) is 34.7. The molecule has 136 valence electrons. The van der Waals surface area contributed by atoms with Crippen molar-refractivity contribution in [2.45, 2.75) is 20.0 Å². The first-order valence-corrected chi connectivity index (χ1v) is 8.00. The lowest BCUT2D eigenvalue weighted by Gasteiger charge is -2.14. The van der Waals surface area contributed by atoms with E-state index < -0.39 is 24.6 Å². The second kappa shape index (κ2) is 9.22. The molecule has 1 atom stereocenters. The molecule has 2 N–H and O–H groups in total. The third-order valence-electron chi connectivity index (χ3n) is 3.22. The topological polar surface area (TPSA) is 93.7 Å². The standard InChI is InChI=1S/C19H20N2O5/c1-13(26-17-6-4-3-5-7-17)19(24)25-12-18(23)21-16-10-8-15(9-11-16)20-14(2)22/h3-11,13H,12H2,1-2H3,(H,20,22)(H,21,23)/t13-/m1/s1. The Labute approximate surface area is 151 Å². The van der Waals surface area contributed by atoms with Crippen LogP contribution in [-0.2, 0) is 19.1 Å². The quantitative estimate of drug-likeness (QED) is 0.744. The molecule has 0 heterocycles. The normalized spacial score (nSPS) is 11.2. The van der Waals surface area contributed by atoms with Gasteiger partial charge in [0.1, 0.15) is 5.75 Å². The second-order valence-electron chi connectivity index (χ2n) is 5.49. The molecule has 0 spiro atoms. The van der Waals surface area contributed by atoms with E-state index in [1.807, 2.05) is 6.07 Å². The van der Waals surface area contributed by atoms with E-state index in [0.717, 1.165) is 0 Å². The van der Waals surface area contributed by atoms with E-state index in [-0.39, 0.29) is 5.91 Å². The maximum absolute atomic E-state index is 11.9. The summed E-state index contributed by atoms with van der Waals surface area (Å²) in [5.74, 6) is -0.747. The summed E-state index contributed by atoms with van der Waals surface area (Å²) in [6, 6.07) is 15.4. The molecule has 0 aliphatic heterocycles. The summed E-state index contributed by atoms with van der Waals surface area (Å²) in [6.07, 6.45) is -0.831. The van der Waals surface area contributed by atoms with Gasteiger partial charge in [-0.2, -0.15) is 0 Å². The van der Waals surface area contributed by atoms with Gasteiger partial charge in [-0.25, -0.2) is 4.79 Å². The summed E-state index contributed by atoms with van der Waals surface area (Å²) in [7, 11) is 0.